The van der Waals surface area contributed by atoms with E-state index in [0.29, 0.717) is 43.9 Å². The SMILES string of the molecule is CCc1c(-c2ccc(C(=O)NCCCNC(=O)CCCCCCCN)nc2)cnc(N)c1-c1ccc(O)cc1. The Bertz CT molecular complexity index is 1210. The Morgan fingerprint density at radius 2 is 1.54 bits per heavy atom. The smallest absolute Gasteiger partial charge is 0.269 e. The minimum Gasteiger partial charge on any atom is -0.508 e. The van der Waals surface area contributed by atoms with Gasteiger partial charge in [0.05, 0.1) is 0 Å². The number of nitrogen functional groups attached to an aromatic ring is 1. The monoisotopic (exact) mass is 532 g/mol. The number of pyridine rings is 2. The van der Waals surface area contributed by atoms with Crippen LogP contribution in [0.25, 0.3) is 22.3 Å². The van der Waals surface area contributed by atoms with Crippen LogP contribution >= 0.6 is 0 Å². The molecule has 0 atom stereocenters. The van der Waals surface area contributed by atoms with Crippen molar-refractivity contribution in [1.29, 1.82) is 0 Å². The number of unbranched alkanes of at least 4 members (excludes halogenated alkanes) is 4. The highest BCUT2D eigenvalue weighted by Gasteiger charge is 2.16. The van der Waals surface area contributed by atoms with Gasteiger partial charge in [0.1, 0.15) is 17.3 Å². The molecule has 7 N–H and O–H groups in total. The molecule has 0 saturated heterocycles. The average molecular weight is 533 g/mol. The largest absolute Gasteiger partial charge is 0.508 e. The number of rotatable bonds is 15. The number of aromatic nitrogens is 2. The number of phenols is 1. The first-order valence-electron chi connectivity index (χ1n) is 13.7. The van der Waals surface area contributed by atoms with Crippen molar-refractivity contribution < 1.29 is 14.7 Å². The molecule has 0 bridgehead atoms. The van der Waals surface area contributed by atoms with Gasteiger partial charge in [-0.3, -0.25) is 14.6 Å². The minimum absolute atomic E-state index is 0.0505. The van der Waals surface area contributed by atoms with Crippen LogP contribution in [-0.2, 0) is 11.2 Å². The Kier molecular flexibility index (Phi) is 11.7. The van der Waals surface area contributed by atoms with Gasteiger partial charge in [0, 0.05) is 48.6 Å². The molecule has 2 heterocycles. The molecule has 9 nitrogen and oxygen atoms in total. The molecule has 0 unspecified atom stereocenters. The number of benzene rings is 1. The van der Waals surface area contributed by atoms with Crippen LogP contribution in [0.3, 0.4) is 0 Å². The number of carbonyl (C=O) groups is 2. The molecule has 0 aliphatic carbocycles. The third-order valence-corrected chi connectivity index (χ3v) is 6.60. The minimum atomic E-state index is -0.263. The molecule has 3 rings (SSSR count). The number of hydrogen-bond acceptors (Lipinski definition) is 7. The zero-order chi connectivity index (χ0) is 28.0. The second-order valence-electron chi connectivity index (χ2n) is 9.51. The number of nitrogens with two attached hydrogens (primary N) is 2. The molecule has 208 valence electrons. The molecule has 9 heteroatoms. The third kappa shape index (κ3) is 8.78. The summed E-state index contributed by atoms with van der Waals surface area (Å²) in [5.41, 5.74) is 16.5. The second-order valence-corrected chi connectivity index (χ2v) is 9.51. The summed E-state index contributed by atoms with van der Waals surface area (Å²) in [6, 6.07) is 10.4. The Labute approximate surface area is 230 Å². The predicted molar refractivity (Wildman–Crippen MR) is 155 cm³/mol. The maximum atomic E-state index is 12.6. The highest BCUT2D eigenvalue weighted by Crippen LogP contribution is 2.36. The lowest BCUT2D eigenvalue weighted by molar-refractivity contribution is -0.121. The van der Waals surface area contributed by atoms with Crippen molar-refractivity contribution in [1.82, 2.24) is 20.6 Å². The quantitative estimate of drug-likeness (QED) is 0.184. The van der Waals surface area contributed by atoms with Gasteiger partial charge in [0.25, 0.3) is 5.91 Å². The number of nitrogens with zero attached hydrogens (tertiary/aromatic N) is 2. The number of phenolic OH excluding ortho intramolecular Hbond substituents is 1. The Hall–Kier alpha value is -3.98. The number of amides is 2. The lowest BCUT2D eigenvalue weighted by atomic mass is 9.92. The molecule has 0 aliphatic rings. The molecule has 2 aromatic heterocycles. The number of aromatic hydroxyl groups is 1. The number of hydrogen-bond donors (Lipinski definition) is 5. The topological polar surface area (TPSA) is 156 Å². The van der Waals surface area contributed by atoms with Crippen molar-refractivity contribution in [3.63, 3.8) is 0 Å². The molecule has 3 aromatic rings. The van der Waals surface area contributed by atoms with E-state index in [1.54, 1.807) is 30.6 Å². The van der Waals surface area contributed by atoms with Crippen LogP contribution in [0.4, 0.5) is 5.82 Å². The zero-order valence-corrected chi connectivity index (χ0v) is 22.7. The fourth-order valence-corrected chi connectivity index (χ4v) is 4.48. The molecule has 0 saturated carbocycles. The van der Waals surface area contributed by atoms with Gasteiger partial charge in [-0.2, -0.15) is 0 Å². The molecular weight excluding hydrogens is 492 g/mol. The number of carbonyl (C=O) groups excluding carboxylic acids is 2. The molecule has 0 radical (unpaired) electrons. The van der Waals surface area contributed by atoms with Gasteiger partial charge < -0.3 is 27.2 Å². The normalized spacial score (nSPS) is 10.8. The summed E-state index contributed by atoms with van der Waals surface area (Å²) in [6.45, 7) is 3.74. The van der Waals surface area contributed by atoms with Gasteiger partial charge in [0.15, 0.2) is 0 Å². The molecule has 2 amide bonds. The predicted octanol–water partition coefficient (Wildman–Crippen LogP) is 4.20. The number of nitrogens with one attached hydrogen (secondary N) is 2. The summed E-state index contributed by atoms with van der Waals surface area (Å²) in [5.74, 6) is 0.387. The first-order valence-corrected chi connectivity index (χ1v) is 13.7. The summed E-state index contributed by atoms with van der Waals surface area (Å²) >= 11 is 0. The molecule has 0 fully saturated rings. The van der Waals surface area contributed by atoms with E-state index in [4.69, 9.17) is 11.5 Å². The van der Waals surface area contributed by atoms with Crippen LogP contribution in [0.5, 0.6) is 5.75 Å². The van der Waals surface area contributed by atoms with E-state index in [-0.39, 0.29) is 17.6 Å². The summed E-state index contributed by atoms with van der Waals surface area (Å²) in [5, 5.41) is 15.4. The van der Waals surface area contributed by atoms with Crippen molar-refractivity contribution in [2.45, 2.75) is 58.3 Å². The van der Waals surface area contributed by atoms with E-state index >= 15 is 0 Å². The van der Waals surface area contributed by atoms with E-state index in [1.165, 1.54) is 0 Å². The zero-order valence-electron chi connectivity index (χ0n) is 22.7. The van der Waals surface area contributed by atoms with Crippen LogP contribution in [0.1, 0.15) is 67.9 Å². The van der Waals surface area contributed by atoms with E-state index in [2.05, 4.69) is 20.6 Å². The second kappa shape index (κ2) is 15.4. The van der Waals surface area contributed by atoms with Crippen LogP contribution in [-0.4, -0.2) is 46.5 Å². The summed E-state index contributed by atoms with van der Waals surface area (Å²) in [7, 11) is 0. The lowest BCUT2D eigenvalue weighted by Gasteiger charge is -2.16. The number of anilines is 1. The molecule has 0 spiro atoms. The molecule has 39 heavy (non-hydrogen) atoms. The fraction of sp³-hybridized carbons (Fsp3) is 0.400. The van der Waals surface area contributed by atoms with Crippen LogP contribution < -0.4 is 22.1 Å². The van der Waals surface area contributed by atoms with E-state index < -0.39 is 0 Å². The van der Waals surface area contributed by atoms with E-state index in [1.807, 2.05) is 25.1 Å². The third-order valence-electron chi connectivity index (χ3n) is 6.60. The summed E-state index contributed by atoms with van der Waals surface area (Å²) < 4.78 is 0. The Morgan fingerprint density at radius 1 is 0.846 bits per heavy atom. The lowest BCUT2D eigenvalue weighted by Crippen LogP contribution is -2.30. The molecule has 1 aromatic carbocycles. The maximum absolute atomic E-state index is 12.6. The van der Waals surface area contributed by atoms with Crippen molar-refractivity contribution in [3.8, 4) is 28.0 Å². The van der Waals surface area contributed by atoms with Gasteiger partial charge in [-0.25, -0.2) is 4.98 Å². The first-order chi connectivity index (χ1) is 18.9. The Balaban J connectivity index is 1.50. The Morgan fingerprint density at radius 3 is 2.23 bits per heavy atom. The van der Waals surface area contributed by atoms with Crippen LogP contribution in [0.2, 0.25) is 0 Å². The highest BCUT2D eigenvalue weighted by atomic mass is 16.3. The summed E-state index contributed by atoms with van der Waals surface area (Å²) in [4.78, 5) is 33.3. The highest BCUT2D eigenvalue weighted by molar-refractivity contribution is 5.92. The van der Waals surface area contributed by atoms with Crippen molar-refractivity contribution in [2.75, 3.05) is 25.4 Å². The van der Waals surface area contributed by atoms with Crippen LogP contribution in [0.15, 0.2) is 48.8 Å². The van der Waals surface area contributed by atoms with Gasteiger partial charge in [-0.05, 0) is 61.6 Å². The standard InChI is InChI=1S/C30H40N6O3/c1-2-24-25(20-36-29(32)28(24)21-10-13-23(37)14-11-21)22-12-15-26(35-19-22)30(39)34-18-8-17-33-27(38)9-6-4-3-5-7-16-31/h10-15,19-20,37H,2-9,16-18,31H2,1H3,(H2,32,36)(H,33,38)(H,34,39). The van der Waals surface area contributed by atoms with Gasteiger partial charge in [-0.1, -0.05) is 44.4 Å². The average Bonchev–Trinajstić information content (AvgIpc) is 2.95. The summed E-state index contributed by atoms with van der Waals surface area (Å²) in [6.07, 6.45) is 10.5. The molecular formula is C30H40N6O3. The van der Waals surface area contributed by atoms with E-state index in [9.17, 15) is 14.7 Å². The first kappa shape index (κ1) is 29.6. The van der Waals surface area contributed by atoms with E-state index in [0.717, 1.165) is 66.5 Å². The molecule has 0 aliphatic heterocycles. The van der Waals surface area contributed by atoms with Crippen molar-refractivity contribution in [2.24, 2.45) is 5.73 Å². The van der Waals surface area contributed by atoms with Gasteiger partial charge in [-0.15, -0.1) is 0 Å². The van der Waals surface area contributed by atoms with Crippen molar-refractivity contribution in [3.05, 3.63) is 60.0 Å². The van der Waals surface area contributed by atoms with Crippen molar-refractivity contribution >= 4 is 17.6 Å². The van der Waals surface area contributed by atoms with Crippen LogP contribution in [0, 0.1) is 0 Å². The fourth-order valence-electron chi connectivity index (χ4n) is 4.48. The van der Waals surface area contributed by atoms with Gasteiger partial charge in [0.2, 0.25) is 5.91 Å². The van der Waals surface area contributed by atoms with Gasteiger partial charge >= 0.3 is 0 Å². The maximum Gasteiger partial charge on any atom is 0.269 e.